The Labute approximate surface area is 90.7 Å². The SMILES string of the molecule is Brc1n[nH]c(CCc2ccccc2)n1. The van der Waals surface area contributed by atoms with Crippen LogP contribution in [0.1, 0.15) is 11.4 Å². The number of aryl methyl sites for hydroxylation is 2. The predicted octanol–water partition coefficient (Wildman–Crippen LogP) is 2.35. The lowest BCUT2D eigenvalue weighted by Gasteiger charge is -1.97. The van der Waals surface area contributed by atoms with Crippen LogP contribution in [0.5, 0.6) is 0 Å². The zero-order valence-corrected chi connectivity index (χ0v) is 9.16. The third-order valence-electron chi connectivity index (χ3n) is 2.00. The summed E-state index contributed by atoms with van der Waals surface area (Å²) in [4.78, 5) is 4.18. The van der Waals surface area contributed by atoms with Crippen LogP contribution >= 0.6 is 15.9 Å². The van der Waals surface area contributed by atoms with Gasteiger partial charge in [-0.2, -0.15) is 0 Å². The van der Waals surface area contributed by atoms with Crippen molar-refractivity contribution in [1.82, 2.24) is 15.2 Å². The molecule has 72 valence electrons. The monoisotopic (exact) mass is 251 g/mol. The summed E-state index contributed by atoms with van der Waals surface area (Å²) in [5.41, 5.74) is 1.32. The quantitative estimate of drug-likeness (QED) is 0.910. The van der Waals surface area contributed by atoms with Crippen molar-refractivity contribution in [1.29, 1.82) is 0 Å². The molecule has 0 saturated carbocycles. The highest BCUT2D eigenvalue weighted by Gasteiger charge is 1.99. The van der Waals surface area contributed by atoms with Crippen molar-refractivity contribution in [3.05, 3.63) is 46.5 Å². The molecule has 1 aromatic heterocycles. The molecule has 0 unspecified atom stereocenters. The third kappa shape index (κ3) is 2.42. The molecule has 0 bridgehead atoms. The Bertz CT molecular complexity index is 397. The Morgan fingerprint density at radius 3 is 2.57 bits per heavy atom. The van der Waals surface area contributed by atoms with E-state index in [0.29, 0.717) is 4.73 Å². The summed E-state index contributed by atoms with van der Waals surface area (Å²) in [6.07, 6.45) is 1.88. The van der Waals surface area contributed by atoms with Gasteiger partial charge >= 0.3 is 0 Å². The molecule has 1 N–H and O–H groups in total. The summed E-state index contributed by atoms with van der Waals surface area (Å²) in [7, 11) is 0. The van der Waals surface area contributed by atoms with Crippen LogP contribution < -0.4 is 0 Å². The summed E-state index contributed by atoms with van der Waals surface area (Å²) in [6, 6.07) is 10.3. The Kier molecular flexibility index (Phi) is 2.93. The largest absolute Gasteiger partial charge is 0.262 e. The van der Waals surface area contributed by atoms with Crippen molar-refractivity contribution in [2.24, 2.45) is 0 Å². The molecule has 2 rings (SSSR count). The van der Waals surface area contributed by atoms with Crippen molar-refractivity contribution in [2.75, 3.05) is 0 Å². The van der Waals surface area contributed by atoms with Gasteiger partial charge in [0, 0.05) is 6.42 Å². The van der Waals surface area contributed by atoms with E-state index < -0.39 is 0 Å². The average Bonchev–Trinajstić information content (AvgIpc) is 2.63. The third-order valence-corrected chi connectivity index (χ3v) is 2.35. The van der Waals surface area contributed by atoms with E-state index in [4.69, 9.17) is 0 Å². The van der Waals surface area contributed by atoms with Gasteiger partial charge in [0.15, 0.2) is 0 Å². The summed E-state index contributed by atoms with van der Waals surface area (Å²) in [6.45, 7) is 0. The molecule has 0 amide bonds. The smallest absolute Gasteiger partial charge is 0.217 e. The van der Waals surface area contributed by atoms with Gasteiger partial charge in [0.05, 0.1) is 0 Å². The molecule has 0 aliphatic rings. The van der Waals surface area contributed by atoms with Crippen LogP contribution in [0.15, 0.2) is 35.1 Å². The second kappa shape index (κ2) is 4.37. The number of benzene rings is 1. The topological polar surface area (TPSA) is 41.6 Å². The number of hydrogen-bond acceptors (Lipinski definition) is 2. The minimum absolute atomic E-state index is 0.626. The highest BCUT2D eigenvalue weighted by molar-refractivity contribution is 9.10. The molecule has 3 nitrogen and oxygen atoms in total. The van der Waals surface area contributed by atoms with Crippen molar-refractivity contribution in [3.8, 4) is 0 Å². The van der Waals surface area contributed by atoms with Crippen LogP contribution in [0.3, 0.4) is 0 Å². The van der Waals surface area contributed by atoms with Gasteiger partial charge in [0.25, 0.3) is 0 Å². The molecule has 14 heavy (non-hydrogen) atoms. The second-order valence-electron chi connectivity index (χ2n) is 3.04. The maximum absolute atomic E-state index is 4.18. The molecule has 1 aromatic carbocycles. The molecule has 0 aliphatic heterocycles. The molecule has 0 atom stereocenters. The van der Waals surface area contributed by atoms with E-state index in [1.54, 1.807) is 0 Å². The fourth-order valence-electron chi connectivity index (χ4n) is 1.29. The number of nitrogens with one attached hydrogen (secondary N) is 1. The maximum atomic E-state index is 4.18. The first-order valence-corrected chi connectivity index (χ1v) is 5.24. The Morgan fingerprint density at radius 2 is 1.93 bits per heavy atom. The number of aromatic nitrogens is 3. The van der Waals surface area contributed by atoms with E-state index in [2.05, 4.69) is 43.2 Å². The van der Waals surface area contributed by atoms with E-state index in [0.717, 1.165) is 18.7 Å². The van der Waals surface area contributed by atoms with Gasteiger partial charge in [-0.25, -0.2) is 4.98 Å². The van der Waals surface area contributed by atoms with Crippen molar-refractivity contribution >= 4 is 15.9 Å². The van der Waals surface area contributed by atoms with Gasteiger partial charge < -0.3 is 0 Å². The predicted molar refractivity (Wildman–Crippen MR) is 57.9 cm³/mol. The van der Waals surface area contributed by atoms with Crippen LogP contribution in [0.4, 0.5) is 0 Å². The molecule has 0 saturated heterocycles. The fourth-order valence-corrected chi connectivity index (χ4v) is 1.59. The van der Waals surface area contributed by atoms with E-state index >= 15 is 0 Å². The molecule has 2 aromatic rings. The summed E-state index contributed by atoms with van der Waals surface area (Å²) in [5.74, 6) is 0.917. The molecule has 0 spiro atoms. The van der Waals surface area contributed by atoms with Gasteiger partial charge in [-0.15, -0.1) is 5.10 Å². The Hall–Kier alpha value is -1.16. The molecule has 1 heterocycles. The lowest BCUT2D eigenvalue weighted by molar-refractivity contribution is 0.865. The minimum Gasteiger partial charge on any atom is -0.262 e. The number of halogens is 1. The Morgan fingerprint density at radius 1 is 1.14 bits per heavy atom. The summed E-state index contributed by atoms with van der Waals surface area (Å²) >= 11 is 3.20. The van der Waals surface area contributed by atoms with E-state index in [1.807, 2.05) is 18.2 Å². The standard InChI is InChI=1S/C10H10BrN3/c11-10-12-9(13-14-10)7-6-8-4-2-1-3-5-8/h1-5H,6-7H2,(H,12,13,14). The minimum atomic E-state index is 0.626. The lowest BCUT2D eigenvalue weighted by atomic mass is 10.1. The molecule has 0 radical (unpaired) electrons. The van der Waals surface area contributed by atoms with Gasteiger partial charge in [0.1, 0.15) is 5.82 Å². The summed E-state index contributed by atoms with van der Waals surface area (Å²) < 4.78 is 0.626. The first kappa shape index (κ1) is 9.40. The lowest BCUT2D eigenvalue weighted by Crippen LogP contribution is -1.93. The maximum Gasteiger partial charge on any atom is 0.217 e. The van der Waals surface area contributed by atoms with Gasteiger partial charge in [-0.1, -0.05) is 30.3 Å². The van der Waals surface area contributed by atoms with Crippen molar-refractivity contribution in [2.45, 2.75) is 12.8 Å². The van der Waals surface area contributed by atoms with Crippen LogP contribution in [-0.2, 0) is 12.8 Å². The molecule has 0 aliphatic carbocycles. The number of hydrogen-bond donors (Lipinski definition) is 1. The molecular formula is C10H10BrN3. The number of aromatic amines is 1. The van der Waals surface area contributed by atoms with Crippen LogP contribution in [0.25, 0.3) is 0 Å². The zero-order chi connectivity index (χ0) is 9.80. The van der Waals surface area contributed by atoms with E-state index in [1.165, 1.54) is 5.56 Å². The number of rotatable bonds is 3. The number of H-pyrrole nitrogens is 1. The van der Waals surface area contributed by atoms with E-state index in [9.17, 15) is 0 Å². The Balaban J connectivity index is 1.95. The molecule has 0 fully saturated rings. The van der Waals surface area contributed by atoms with Gasteiger partial charge in [-0.3, -0.25) is 5.10 Å². The zero-order valence-electron chi connectivity index (χ0n) is 7.57. The highest BCUT2D eigenvalue weighted by atomic mass is 79.9. The summed E-state index contributed by atoms with van der Waals surface area (Å²) in [5, 5.41) is 6.78. The number of nitrogens with zero attached hydrogens (tertiary/aromatic N) is 2. The fraction of sp³-hybridized carbons (Fsp3) is 0.200. The molecular weight excluding hydrogens is 242 g/mol. The van der Waals surface area contributed by atoms with Crippen molar-refractivity contribution < 1.29 is 0 Å². The first-order valence-electron chi connectivity index (χ1n) is 4.45. The highest BCUT2D eigenvalue weighted by Crippen LogP contribution is 2.05. The second-order valence-corrected chi connectivity index (χ2v) is 3.75. The van der Waals surface area contributed by atoms with Crippen molar-refractivity contribution in [3.63, 3.8) is 0 Å². The van der Waals surface area contributed by atoms with Crippen LogP contribution in [0.2, 0.25) is 0 Å². The molecule has 4 heteroatoms. The van der Waals surface area contributed by atoms with E-state index in [-0.39, 0.29) is 0 Å². The first-order chi connectivity index (χ1) is 6.84. The normalized spacial score (nSPS) is 10.4. The van der Waals surface area contributed by atoms with Crippen LogP contribution in [0, 0.1) is 0 Å². The average molecular weight is 252 g/mol. The van der Waals surface area contributed by atoms with Crippen LogP contribution in [-0.4, -0.2) is 15.2 Å². The van der Waals surface area contributed by atoms with Gasteiger partial charge in [-0.05, 0) is 27.9 Å². The van der Waals surface area contributed by atoms with Gasteiger partial charge in [0.2, 0.25) is 4.73 Å².